The average Bonchev–Trinajstić information content (AvgIpc) is 2.29. The van der Waals surface area contributed by atoms with E-state index in [9.17, 15) is 5.11 Å². The van der Waals surface area contributed by atoms with Gasteiger partial charge < -0.3 is 19.3 Å². The quantitative estimate of drug-likeness (QED) is 0.769. The molecule has 0 bridgehead atoms. The van der Waals surface area contributed by atoms with E-state index in [0.29, 0.717) is 13.2 Å². The Bertz CT molecular complexity index is 189. The third kappa shape index (κ3) is 2.69. The van der Waals surface area contributed by atoms with Gasteiger partial charge in [0.15, 0.2) is 6.29 Å². The maximum absolute atomic E-state index is 9.30. The van der Waals surface area contributed by atoms with Crippen LogP contribution in [0.15, 0.2) is 0 Å². The van der Waals surface area contributed by atoms with Crippen molar-refractivity contribution in [3.63, 3.8) is 0 Å². The molecule has 0 amide bonds. The van der Waals surface area contributed by atoms with Crippen LogP contribution < -0.4 is 0 Å². The smallest absolute Gasteiger partial charge is 0.185 e. The van der Waals surface area contributed by atoms with E-state index in [0.717, 1.165) is 6.42 Å². The molecule has 4 heteroatoms. The van der Waals surface area contributed by atoms with Gasteiger partial charge in [-0.3, -0.25) is 0 Å². The van der Waals surface area contributed by atoms with Crippen molar-refractivity contribution < 1.29 is 19.3 Å². The highest BCUT2D eigenvalue weighted by atomic mass is 16.7. The summed E-state index contributed by atoms with van der Waals surface area (Å²) in [5, 5.41) is 9.30. The fourth-order valence-corrected chi connectivity index (χ4v) is 1.50. The Morgan fingerprint density at radius 1 is 1.40 bits per heavy atom. The van der Waals surface area contributed by atoms with E-state index in [1.807, 2.05) is 20.8 Å². The maximum atomic E-state index is 9.30. The lowest BCUT2D eigenvalue weighted by Gasteiger charge is -2.42. The molecule has 0 aromatic heterocycles. The lowest BCUT2D eigenvalue weighted by Crippen LogP contribution is -2.51. The van der Waals surface area contributed by atoms with Crippen LogP contribution >= 0.6 is 0 Å². The zero-order chi connectivity index (χ0) is 11.5. The van der Waals surface area contributed by atoms with Crippen LogP contribution in [0.4, 0.5) is 0 Å². The molecule has 15 heavy (non-hydrogen) atoms. The summed E-state index contributed by atoms with van der Waals surface area (Å²) in [7, 11) is 1.64. The van der Waals surface area contributed by atoms with E-state index in [2.05, 4.69) is 0 Å². The normalized spacial score (nSPS) is 33.0. The first-order chi connectivity index (χ1) is 6.99. The van der Waals surface area contributed by atoms with E-state index in [-0.39, 0.29) is 18.3 Å². The highest BCUT2D eigenvalue weighted by Crippen LogP contribution is 2.31. The average molecular weight is 218 g/mol. The Kier molecular flexibility index (Phi) is 4.12. The molecule has 4 nitrogen and oxygen atoms in total. The summed E-state index contributed by atoms with van der Waals surface area (Å²) in [4.78, 5) is 0. The maximum Gasteiger partial charge on any atom is 0.185 e. The predicted molar refractivity (Wildman–Crippen MR) is 56.6 cm³/mol. The number of hydrogen-bond acceptors (Lipinski definition) is 4. The fraction of sp³-hybridized carbons (Fsp3) is 1.00. The molecule has 0 atom stereocenters. The third-order valence-electron chi connectivity index (χ3n) is 3.26. The second-order valence-electron chi connectivity index (χ2n) is 4.77. The van der Waals surface area contributed by atoms with Gasteiger partial charge in [-0.1, -0.05) is 6.92 Å². The molecule has 1 heterocycles. The summed E-state index contributed by atoms with van der Waals surface area (Å²) in [5.41, 5.74) is -0.685. The third-order valence-corrected chi connectivity index (χ3v) is 3.26. The number of hydrogen-bond donors (Lipinski definition) is 1. The van der Waals surface area contributed by atoms with Crippen molar-refractivity contribution in [2.24, 2.45) is 5.41 Å². The summed E-state index contributed by atoms with van der Waals surface area (Å²) < 4.78 is 16.5. The first-order valence-corrected chi connectivity index (χ1v) is 5.39. The van der Waals surface area contributed by atoms with Gasteiger partial charge in [-0.05, 0) is 20.3 Å². The van der Waals surface area contributed by atoms with Crippen molar-refractivity contribution in [1.29, 1.82) is 0 Å². The van der Waals surface area contributed by atoms with Crippen LogP contribution in [0.25, 0.3) is 0 Å². The number of aliphatic hydroxyl groups is 1. The topological polar surface area (TPSA) is 47.9 Å². The number of methoxy groups -OCH3 is 1. The monoisotopic (exact) mass is 218 g/mol. The van der Waals surface area contributed by atoms with Gasteiger partial charge in [-0.25, -0.2) is 0 Å². The molecule has 1 fully saturated rings. The summed E-state index contributed by atoms with van der Waals surface area (Å²) in [6, 6.07) is 0. The van der Waals surface area contributed by atoms with Gasteiger partial charge in [0.25, 0.3) is 0 Å². The lowest BCUT2D eigenvalue weighted by molar-refractivity contribution is -0.294. The van der Waals surface area contributed by atoms with E-state index in [1.165, 1.54) is 0 Å². The molecular weight excluding hydrogens is 196 g/mol. The fourth-order valence-electron chi connectivity index (χ4n) is 1.50. The Hall–Kier alpha value is -0.160. The van der Waals surface area contributed by atoms with Gasteiger partial charge in [0.2, 0.25) is 0 Å². The molecule has 1 rings (SSSR count). The first-order valence-electron chi connectivity index (χ1n) is 5.39. The SMILES string of the molecule is CCC1(CO)COC(C(C)(C)OC)OC1. The molecule has 1 N–H and O–H groups in total. The molecule has 0 aromatic rings. The predicted octanol–water partition coefficient (Wildman–Crippen LogP) is 1.17. The van der Waals surface area contributed by atoms with Crippen molar-refractivity contribution in [3.8, 4) is 0 Å². The van der Waals surface area contributed by atoms with Gasteiger partial charge in [-0.2, -0.15) is 0 Å². The van der Waals surface area contributed by atoms with Crippen molar-refractivity contribution in [3.05, 3.63) is 0 Å². The van der Waals surface area contributed by atoms with E-state index in [1.54, 1.807) is 7.11 Å². The van der Waals surface area contributed by atoms with E-state index < -0.39 is 5.60 Å². The van der Waals surface area contributed by atoms with Crippen molar-refractivity contribution in [1.82, 2.24) is 0 Å². The number of aliphatic hydroxyl groups excluding tert-OH is 1. The van der Waals surface area contributed by atoms with Crippen molar-refractivity contribution in [2.45, 2.75) is 39.1 Å². The zero-order valence-corrected chi connectivity index (χ0v) is 10.1. The molecule has 1 aliphatic heterocycles. The zero-order valence-electron chi connectivity index (χ0n) is 10.1. The number of rotatable bonds is 4. The lowest BCUT2D eigenvalue weighted by atomic mass is 9.87. The highest BCUT2D eigenvalue weighted by molar-refractivity contribution is 4.84. The van der Waals surface area contributed by atoms with Gasteiger partial charge in [-0.15, -0.1) is 0 Å². The van der Waals surface area contributed by atoms with Crippen molar-refractivity contribution >= 4 is 0 Å². The van der Waals surface area contributed by atoms with Crippen LogP contribution in [0, 0.1) is 5.41 Å². The Balaban J connectivity index is 2.55. The standard InChI is InChI=1S/C11H22O4/c1-5-11(6-12)7-14-9(15-8-11)10(2,3)13-4/h9,12H,5-8H2,1-4H3. The van der Waals surface area contributed by atoms with Crippen LogP contribution in [0.2, 0.25) is 0 Å². The van der Waals surface area contributed by atoms with Crippen LogP contribution in [0.1, 0.15) is 27.2 Å². The summed E-state index contributed by atoms with van der Waals surface area (Å²) in [5.74, 6) is 0. The molecule has 0 unspecified atom stereocenters. The second kappa shape index (κ2) is 4.78. The first kappa shape index (κ1) is 12.9. The Morgan fingerprint density at radius 2 is 1.93 bits per heavy atom. The summed E-state index contributed by atoms with van der Waals surface area (Å²) in [6.45, 7) is 7.04. The minimum atomic E-state index is -0.449. The van der Waals surface area contributed by atoms with Crippen molar-refractivity contribution in [2.75, 3.05) is 26.9 Å². The second-order valence-corrected chi connectivity index (χ2v) is 4.77. The van der Waals surface area contributed by atoms with Crippen LogP contribution in [-0.4, -0.2) is 43.9 Å². The van der Waals surface area contributed by atoms with Crippen LogP contribution in [0.5, 0.6) is 0 Å². The molecule has 0 aromatic carbocycles. The number of ether oxygens (including phenoxy) is 3. The van der Waals surface area contributed by atoms with Crippen LogP contribution in [0.3, 0.4) is 0 Å². The molecular formula is C11H22O4. The van der Waals surface area contributed by atoms with Gasteiger partial charge >= 0.3 is 0 Å². The van der Waals surface area contributed by atoms with E-state index >= 15 is 0 Å². The molecule has 0 aliphatic carbocycles. The van der Waals surface area contributed by atoms with Gasteiger partial charge in [0.1, 0.15) is 5.60 Å². The molecule has 90 valence electrons. The summed E-state index contributed by atoms with van der Waals surface area (Å²) in [6.07, 6.45) is 0.498. The molecule has 0 spiro atoms. The minimum Gasteiger partial charge on any atom is -0.396 e. The largest absolute Gasteiger partial charge is 0.396 e. The minimum absolute atomic E-state index is 0.101. The molecule has 1 aliphatic rings. The molecule has 1 saturated heterocycles. The Morgan fingerprint density at radius 3 is 2.27 bits per heavy atom. The molecule has 0 radical (unpaired) electrons. The molecule has 0 saturated carbocycles. The highest BCUT2D eigenvalue weighted by Gasteiger charge is 2.41. The van der Waals surface area contributed by atoms with Gasteiger partial charge in [0.05, 0.1) is 19.8 Å². The van der Waals surface area contributed by atoms with E-state index in [4.69, 9.17) is 14.2 Å². The van der Waals surface area contributed by atoms with Gasteiger partial charge in [0, 0.05) is 12.5 Å². The van der Waals surface area contributed by atoms with Crippen LogP contribution in [-0.2, 0) is 14.2 Å². The summed E-state index contributed by atoms with van der Waals surface area (Å²) >= 11 is 0. The Labute approximate surface area is 91.5 Å².